The average Bonchev–Trinajstić information content (AvgIpc) is 3.18. The van der Waals surface area contributed by atoms with E-state index in [1.165, 1.54) is 24.3 Å². The van der Waals surface area contributed by atoms with E-state index < -0.39 is 0 Å². The Bertz CT molecular complexity index is 728. The molecule has 3 heterocycles. The Morgan fingerprint density at radius 1 is 1.30 bits per heavy atom. The minimum absolute atomic E-state index is 0.493. The predicted octanol–water partition coefficient (Wildman–Crippen LogP) is 3.59. The molecular formula is C21H31N5S. The van der Waals surface area contributed by atoms with E-state index in [-0.39, 0.29) is 0 Å². The van der Waals surface area contributed by atoms with Crippen molar-refractivity contribution in [2.45, 2.75) is 39.3 Å². The summed E-state index contributed by atoms with van der Waals surface area (Å²) in [6.45, 7) is 7.67. The van der Waals surface area contributed by atoms with Gasteiger partial charge in [-0.05, 0) is 69.8 Å². The average molecular weight is 386 g/mol. The summed E-state index contributed by atoms with van der Waals surface area (Å²) in [4.78, 5) is 13.2. The van der Waals surface area contributed by atoms with Crippen LogP contribution in [0.15, 0.2) is 40.7 Å². The Kier molecular flexibility index (Phi) is 7.24. The van der Waals surface area contributed by atoms with Crippen LogP contribution < -0.4 is 10.6 Å². The van der Waals surface area contributed by atoms with Crippen molar-refractivity contribution >= 4 is 17.3 Å². The van der Waals surface area contributed by atoms with Crippen LogP contribution in [0.5, 0.6) is 0 Å². The minimum atomic E-state index is 0.493. The van der Waals surface area contributed by atoms with Crippen LogP contribution in [0.4, 0.5) is 0 Å². The lowest BCUT2D eigenvalue weighted by molar-refractivity contribution is 0.125. The van der Waals surface area contributed by atoms with Crippen molar-refractivity contribution in [2.24, 2.45) is 10.9 Å². The van der Waals surface area contributed by atoms with Gasteiger partial charge in [0, 0.05) is 29.7 Å². The van der Waals surface area contributed by atoms with Crippen molar-refractivity contribution < 1.29 is 0 Å². The lowest BCUT2D eigenvalue weighted by Gasteiger charge is -2.39. The molecule has 0 aromatic carbocycles. The first kappa shape index (κ1) is 19.8. The molecule has 0 radical (unpaired) electrons. The fraction of sp³-hybridized carbons (Fsp3) is 0.524. The third-order valence-corrected chi connectivity index (χ3v) is 6.01. The third-order valence-electron chi connectivity index (χ3n) is 5.06. The topological polar surface area (TPSA) is 52.6 Å². The van der Waals surface area contributed by atoms with Gasteiger partial charge in [-0.1, -0.05) is 12.1 Å². The highest BCUT2D eigenvalue weighted by Gasteiger charge is 2.31. The first-order valence-electron chi connectivity index (χ1n) is 9.85. The zero-order valence-corrected chi connectivity index (χ0v) is 17.4. The summed E-state index contributed by atoms with van der Waals surface area (Å²) in [5.41, 5.74) is 2.03. The van der Waals surface area contributed by atoms with Gasteiger partial charge in [0.1, 0.15) is 0 Å². The van der Waals surface area contributed by atoms with Gasteiger partial charge in [-0.3, -0.25) is 9.88 Å². The number of nitrogens with one attached hydrogen (secondary N) is 2. The molecule has 0 spiro atoms. The minimum Gasteiger partial charge on any atom is -0.357 e. The second-order valence-corrected chi connectivity index (χ2v) is 8.17. The second kappa shape index (κ2) is 9.85. The number of guanidine groups is 1. The van der Waals surface area contributed by atoms with E-state index in [2.05, 4.69) is 52.0 Å². The number of nitrogens with zero attached hydrogens (tertiary/aromatic N) is 3. The Morgan fingerprint density at radius 3 is 2.93 bits per heavy atom. The normalized spacial score (nSPS) is 21.2. The number of aromatic nitrogens is 1. The van der Waals surface area contributed by atoms with Crippen molar-refractivity contribution in [3.05, 3.63) is 52.0 Å². The summed E-state index contributed by atoms with van der Waals surface area (Å²) in [5.74, 6) is 1.46. The first-order chi connectivity index (χ1) is 13.2. The molecule has 6 heteroatoms. The smallest absolute Gasteiger partial charge is 0.191 e. The maximum Gasteiger partial charge on any atom is 0.191 e. The number of hydrogen-bond acceptors (Lipinski definition) is 4. The van der Waals surface area contributed by atoms with Gasteiger partial charge in [0.25, 0.3) is 0 Å². The number of aliphatic imine (C=N–C) groups is 1. The SMILES string of the molecule is CCNC(=NCc1cccc(C)n1)NCC1CCCN(C)C1c1cccs1. The molecule has 0 bridgehead atoms. The number of aryl methyl sites for hydroxylation is 1. The van der Waals surface area contributed by atoms with Crippen molar-refractivity contribution in [1.82, 2.24) is 20.5 Å². The molecule has 2 aromatic rings. The van der Waals surface area contributed by atoms with E-state index in [0.717, 1.165) is 30.4 Å². The zero-order valence-electron chi connectivity index (χ0n) is 16.6. The van der Waals surface area contributed by atoms with Crippen LogP contribution in [0.2, 0.25) is 0 Å². The van der Waals surface area contributed by atoms with Crippen LogP contribution in [0.3, 0.4) is 0 Å². The van der Waals surface area contributed by atoms with Gasteiger partial charge in [0.2, 0.25) is 0 Å². The molecule has 2 unspecified atom stereocenters. The number of likely N-dealkylation sites (tertiary alicyclic amines) is 1. The zero-order chi connectivity index (χ0) is 19.1. The fourth-order valence-electron chi connectivity index (χ4n) is 3.80. The van der Waals surface area contributed by atoms with Crippen LogP contribution in [0.25, 0.3) is 0 Å². The van der Waals surface area contributed by atoms with E-state index >= 15 is 0 Å². The van der Waals surface area contributed by atoms with Gasteiger partial charge in [0.15, 0.2) is 5.96 Å². The molecule has 0 saturated carbocycles. The molecule has 3 rings (SSSR count). The number of piperidine rings is 1. The third kappa shape index (κ3) is 5.53. The molecule has 1 fully saturated rings. The van der Waals surface area contributed by atoms with Crippen LogP contribution in [0.1, 0.15) is 42.1 Å². The summed E-state index contributed by atoms with van der Waals surface area (Å²) in [6.07, 6.45) is 2.50. The number of thiophene rings is 1. The van der Waals surface area contributed by atoms with E-state index in [9.17, 15) is 0 Å². The highest BCUT2D eigenvalue weighted by molar-refractivity contribution is 7.10. The molecule has 1 saturated heterocycles. The van der Waals surface area contributed by atoms with Gasteiger partial charge in [-0.15, -0.1) is 11.3 Å². The highest BCUT2D eigenvalue weighted by atomic mass is 32.1. The second-order valence-electron chi connectivity index (χ2n) is 7.19. The van der Waals surface area contributed by atoms with E-state index in [1.54, 1.807) is 0 Å². The molecule has 146 valence electrons. The van der Waals surface area contributed by atoms with E-state index in [0.29, 0.717) is 18.5 Å². The molecule has 1 aliphatic heterocycles. The molecule has 5 nitrogen and oxygen atoms in total. The monoisotopic (exact) mass is 385 g/mol. The van der Waals surface area contributed by atoms with Gasteiger partial charge < -0.3 is 10.6 Å². The molecule has 0 amide bonds. The molecule has 2 atom stereocenters. The van der Waals surface area contributed by atoms with Crippen molar-refractivity contribution in [1.29, 1.82) is 0 Å². The van der Waals surface area contributed by atoms with Crippen LogP contribution >= 0.6 is 11.3 Å². The molecule has 2 aromatic heterocycles. The fourth-order valence-corrected chi connectivity index (χ4v) is 4.78. The van der Waals surface area contributed by atoms with Crippen LogP contribution in [0, 0.1) is 12.8 Å². The van der Waals surface area contributed by atoms with Crippen LogP contribution in [-0.4, -0.2) is 42.5 Å². The van der Waals surface area contributed by atoms with E-state index in [1.807, 2.05) is 36.5 Å². The van der Waals surface area contributed by atoms with Gasteiger partial charge in [-0.25, -0.2) is 4.99 Å². The highest BCUT2D eigenvalue weighted by Crippen LogP contribution is 2.36. The number of pyridine rings is 1. The maximum absolute atomic E-state index is 4.74. The summed E-state index contributed by atoms with van der Waals surface area (Å²) >= 11 is 1.87. The summed E-state index contributed by atoms with van der Waals surface area (Å²) in [5, 5.41) is 9.13. The lowest BCUT2D eigenvalue weighted by Crippen LogP contribution is -2.44. The molecule has 1 aliphatic rings. The van der Waals surface area contributed by atoms with E-state index in [4.69, 9.17) is 4.99 Å². The molecule has 27 heavy (non-hydrogen) atoms. The van der Waals surface area contributed by atoms with Gasteiger partial charge >= 0.3 is 0 Å². The van der Waals surface area contributed by atoms with Gasteiger partial charge in [-0.2, -0.15) is 0 Å². The maximum atomic E-state index is 4.74. The Morgan fingerprint density at radius 2 is 2.19 bits per heavy atom. The van der Waals surface area contributed by atoms with Crippen molar-refractivity contribution in [2.75, 3.05) is 26.7 Å². The number of rotatable bonds is 6. The van der Waals surface area contributed by atoms with Crippen molar-refractivity contribution in [3.8, 4) is 0 Å². The molecule has 2 N–H and O–H groups in total. The Hall–Kier alpha value is -1.92. The molecule has 0 aliphatic carbocycles. The summed E-state index contributed by atoms with van der Waals surface area (Å²) in [7, 11) is 2.25. The largest absolute Gasteiger partial charge is 0.357 e. The summed E-state index contributed by atoms with van der Waals surface area (Å²) < 4.78 is 0. The van der Waals surface area contributed by atoms with Gasteiger partial charge in [0.05, 0.1) is 12.2 Å². The van der Waals surface area contributed by atoms with Crippen molar-refractivity contribution in [3.63, 3.8) is 0 Å². The number of hydrogen-bond donors (Lipinski definition) is 2. The lowest BCUT2D eigenvalue weighted by atomic mass is 9.88. The standard InChI is InChI=1S/C21H31N5S/c1-4-22-21(24-15-18-10-5-8-16(2)25-18)23-14-17-9-6-12-26(3)20(17)19-11-7-13-27-19/h5,7-8,10-11,13,17,20H,4,6,9,12,14-15H2,1-3H3,(H2,22,23,24). The Labute approximate surface area is 166 Å². The summed E-state index contributed by atoms with van der Waals surface area (Å²) in [6, 6.07) is 11.0. The van der Waals surface area contributed by atoms with Crippen LogP contribution in [-0.2, 0) is 6.54 Å². The quantitative estimate of drug-likeness (QED) is 0.589. The predicted molar refractivity (Wildman–Crippen MR) is 114 cm³/mol. The first-order valence-corrected chi connectivity index (χ1v) is 10.7. The Balaban J connectivity index is 1.64. The molecular weight excluding hydrogens is 354 g/mol.